The van der Waals surface area contributed by atoms with E-state index in [2.05, 4.69) is 15.1 Å². The first-order valence-electron chi connectivity index (χ1n) is 13.3. The second-order valence-electron chi connectivity index (χ2n) is 10.0. The van der Waals surface area contributed by atoms with Gasteiger partial charge in [-0.25, -0.2) is 9.50 Å². The first-order chi connectivity index (χ1) is 19.1. The Bertz CT molecular complexity index is 1380. The van der Waals surface area contributed by atoms with Crippen LogP contribution in [-0.4, -0.2) is 49.6 Å². The van der Waals surface area contributed by atoms with Crippen molar-refractivity contribution in [3.63, 3.8) is 0 Å². The first-order valence-corrected chi connectivity index (χ1v) is 13.7. The number of aromatic nitrogens is 4. The Kier molecular flexibility index (Phi) is 7.76. The van der Waals surface area contributed by atoms with Crippen LogP contribution < -0.4 is 4.74 Å². The number of ether oxygens (including phenoxy) is 4. The molecule has 0 bridgehead atoms. The molecule has 0 radical (unpaired) electrons. The van der Waals surface area contributed by atoms with Gasteiger partial charge in [0.15, 0.2) is 0 Å². The Morgan fingerprint density at radius 1 is 1.00 bits per heavy atom. The zero-order valence-corrected chi connectivity index (χ0v) is 22.2. The normalized spacial score (nSPS) is 23.5. The number of nitrogens with zero attached hydrogens (tertiary/aromatic N) is 4. The Balaban J connectivity index is 1.26. The summed E-state index contributed by atoms with van der Waals surface area (Å²) >= 11 is 6.30. The van der Waals surface area contributed by atoms with E-state index in [1.165, 1.54) is 10.7 Å². The third-order valence-corrected chi connectivity index (χ3v) is 7.38. The molecule has 204 valence electrons. The molecule has 6 rings (SSSR count). The number of rotatable bonds is 10. The number of fused-ring (bicyclic) bond motifs is 1. The summed E-state index contributed by atoms with van der Waals surface area (Å²) in [5, 5.41) is 16.4. The highest BCUT2D eigenvalue weighted by Crippen LogP contribution is 2.41. The monoisotopic (exact) mass is 550 g/mol. The molecule has 39 heavy (non-hydrogen) atoms. The summed E-state index contributed by atoms with van der Waals surface area (Å²) in [7, 11) is 0. The van der Waals surface area contributed by atoms with Crippen molar-refractivity contribution in [3.05, 3.63) is 89.0 Å². The molecule has 1 N–H and O–H groups in total. The predicted octanol–water partition coefficient (Wildman–Crippen LogP) is 4.84. The summed E-state index contributed by atoms with van der Waals surface area (Å²) in [6.07, 6.45) is 4.99. The lowest BCUT2D eigenvalue weighted by atomic mass is 10.1. The van der Waals surface area contributed by atoms with E-state index in [1.807, 2.05) is 60.7 Å². The van der Waals surface area contributed by atoms with Gasteiger partial charge in [0.25, 0.3) is 5.88 Å². The molecule has 1 saturated heterocycles. The van der Waals surface area contributed by atoms with Gasteiger partial charge in [0.2, 0.25) is 16.7 Å². The van der Waals surface area contributed by atoms with Gasteiger partial charge in [-0.15, -0.1) is 5.10 Å². The average molecular weight is 551 g/mol. The van der Waals surface area contributed by atoms with Crippen LogP contribution in [0.25, 0.3) is 5.65 Å². The van der Waals surface area contributed by atoms with Crippen molar-refractivity contribution in [1.82, 2.24) is 19.6 Å². The maximum absolute atomic E-state index is 12.0. The maximum atomic E-state index is 12.0. The van der Waals surface area contributed by atoms with Crippen molar-refractivity contribution < 1.29 is 24.1 Å². The van der Waals surface area contributed by atoms with E-state index in [-0.39, 0.29) is 18.0 Å². The van der Waals surface area contributed by atoms with Gasteiger partial charge in [0, 0.05) is 6.42 Å². The van der Waals surface area contributed by atoms with Crippen LogP contribution >= 0.6 is 11.6 Å². The van der Waals surface area contributed by atoms with E-state index in [0.717, 1.165) is 36.8 Å². The standard InChI is InChI=1S/C29H31ClN4O5/c30-28-32-27(38-22-13-7-8-14-22)26-31-16-24(34(26)33-28)29(35)25(37-18-21-11-5-2-6-12-21)15-23(39-29)19-36-17-20-9-3-1-4-10-20/h1-6,9-12,16,22-23,25,35H,7-8,13-15,17-19H2/t23-,25+,29-/m0/s1. The molecule has 0 spiro atoms. The van der Waals surface area contributed by atoms with Crippen LogP contribution in [-0.2, 0) is 33.2 Å². The number of halogens is 1. The summed E-state index contributed by atoms with van der Waals surface area (Å²) in [5.41, 5.74) is 2.70. The largest absolute Gasteiger partial charge is 0.472 e. The molecule has 2 aromatic heterocycles. The lowest BCUT2D eigenvalue weighted by Gasteiger charge is -2.28. The van der Waals surface area contributed by atoms with E-state index in [4.69, 9.17) is 30.5 Å². The van der Waals surface area contributed by atoms with E-state index in [0.29, 0.717) is 36.9 Å². The molecule has 0 unspecified atom stereocenters. The summed E-state index contributed by atoms with van der Waals surface area (Å²) < 4.78 is 26.0. The molecule has 2 aromatic carbocycles. The number of imidazole rings is 1. The SMILES string of the molecule is O[C@@]1(c2cnc3c(OC4CCCC4)nc(Cl)nn23)O[C@H](COCc2ccccc2)C[C@H]1OCc1ccccc1. The predicted molar refractivity (Wildman–Crippen MR) is 143 cm³/mol. The van der Waals surface area contributed by atoms with Crippen LogP contribution in [0.5, 0.6) is 5.88 Å². The number of hydrogen-bond acceptors (Lipinski definition) is 8. The third-order valence-electron chi connectivity index (χ3n) is 7.22. The van der Waals surface area contributed by atoms with Crippen molar-refractivity contribution in [3.8, 4) is 5.88 Å². The molecule has 1 aliphatic heterocycles. The van der Waals surface area contributed by atoms with Crippen LogP contribution in [0, 0.1) is 0 Å². The number of benzene rings is 2. The van der Waals surface area contributed by atoms with Gasteiger partial charge in [0.05, 0.1) is 32.1 Å². The molecule has 1 aliphatic carbocycles. The average Bonchev–Trinajstić information content (AvgIpc) is 3.68. The Labute approximate surface area is 231 Å². The molecule has 0 amide bonds. The van der Waals surface area contributed by atoms with Crippen LogP contribution in [0.2, 0.25) is 5.28 Å². The highest BCUT2D eigenvalue weighted by Gasteiger charge is 2.52. The Morgan fingerprint density at radius 2 is 1.69 bits per heavy atom. The molecule has 2 aliphatic rings. The molecule has 9 nitrogen and oxygen atoms in total. The first kappa shape index (κ1) is 26.2. The second kappa shape index (κ2) is 11.6. The van der Waals surface area contributed by atoms with Crippen LogP contribution in [0.4, 0.5) is 0 Å². The topological polar surface area (TPSA) is 100 Å². The van der Waals surface area contributed by atoms with Gasteiger partial charge in [-0.1, -0.05) is 60.7 Å². The van der Waals surface area contributed by atoms with Gasteiger partial charge in [-0.3, -0.25) is 0 Å². The van der Waals surface area contributed by atoms with Crippen molar-refractivity contribution in [2.75, 3.05) is 6.61 Å². The maximum Gasteiger partial charge on any atom is 0.262 e. The zero-order valence-electron chi connectivity index (χ0n) is 21.5. The smallest absolute Gasteiger partial charge is 0.262 e. The van der Waals surface area contributed by atoms with Crippen molar-refractivity contribution >= 4 is 17.2 Å². The lowest BCUT2D eigenvalue weighted by Crippen LogP contribution is -2.39. The van der Waals surface area contributed by atoms with Gasteiger partial charge in [-0.05, 0) is 48.4 Å². The highest BCUT2D eigenvalue weighted by molar-refractivity contribution is 6.28. The summed E-state index contributed by atoms with van der Waals surface area (Å²) in [4.78, 5) is 8.78. The fourth-order valence-corrected chi connectivity index (χ4v) is 5.41. The molecule has 10 heteroatoms. The Morgan fingerprint density at radius 3 is 2.41 bits per heavy atom. The van der Waals surface area contributed by atoms with Crippen molar-refractivity contribution in [1.29, 1.82) is 0 Å². The van der Waals surface area contributed by atoms with Gasteiger partial charge < -0.3 is 24.1 Å². The van der Waals surface area contributed by atoms with E-state index >= 15 is 0 Å². The van der Waals surface area contributed by atoms with Crippen LogP contribution in [0.1, 0.15) is 48.9 Å². The molecular weight excluding hydrogens is 520 g/mol. The van der Waals surface area contributed by atoms with Crippen molar-refractivity contribution in [2.24, 2.45) is 0 Å². The minimum Gasteiger partial charge on any atom is -0.472 e. The number of hydrogen-bond donors (Lipinski definition) is 1. The minimum absolute atomic E-state index is 0.0131. The van der Waals surface area contributed by atoms with Crippen LogP contribution in [0.15, 0.2) is 66.9 Å². The summed E-state index contributed by atoms with van der Waals surface area (Å²) in [6.45, 7) is 1.02. The molecule has 3 atom stereocenters. The molecule has 1 saturated carbocycles. The summed E-state index contributed by atoms with van der Waals surface area (Å²) in [6, 6.07) is 19.7. The summed E-state index contributed by atoms with van der Waals surface area (Å²) in [5.74, 6) is -1.56. The molecule has 3 heterocycles. The fourth-order valence-electron chi connectivity index (χ4n) is 5.26. The van der Waals surface area contributed by atoms with Crippen LogP contribution in [0.3, 0.4) is 0 Å². The quantitative estimate of drug-likeness (QED) is 0.299. The highest BCUT2D eigenvalue weighted by atomic mass is 35.5. The lowest BCUT2D eigenvalue weighted by molar-refractivity contribution is -0.254. The third kappa shape index (κ3) is 5.78. The number of aliphatic hydroxyl groups is 1. The Hall–Kier alpha value is -3.08. The molecule has 4 aromatic rings. The molecular formula is C29H31ClN4O5. The fraction of sp³-hybridized carbons (Fsp3) is 0.414. The van der Waals surface area contributed by atoms with Gasteiger partial charge in [-0.2, -0.15) is 4.98 Å². The van der Waals surface area contributed by atoms with E-state index in [1.54, 1.807) is 0 Å². The van der Waals surface area contributed by atoms with Gasteiger partial charge >= 0.3 is 0 Å². The van der Waals surface area contributed by atoms with E-state index in [9.17, 15) is 5.11 Å². The van der Waals surface area contributed by atoms with E-state index < -0.39 is 18.0 Å². The second-order valence-corrected chi connectivity index (χ2v) is 10.4. The van der Waals surface area contributed by atoms with Gasteiger partial charge in [0.1, 0.15) is 17.9 Å². The van der Waals surface area contributed by atoms with Crippen molar-refractivity contribution in [2.45, 2.75) is 69.4 Å². The molecule has 2 fully saturated rings. The zero-order chi connectivity index (χ0) is 26.7. The minimum atomic E-state index is -1.85.